The number of amides is 3. The van der Waals surface area contributed by atoms with E-state index >= 15 is 0 Å². The van der Waals surface area contributed by atoms with Crippen LogP contribution in [0.2, 0.25) is 5.02 Å². The van der Waals surface area contributed by atoms with Crippen molar-refractivity contribution in [2.24, 2.45) is 0 Å². The Balaban J connectivity index is 1.14. The lowest BCUT2D eigenvalue weighted by atomic mass is 9.68. The number of ether oxygens (including phenoxy) is 1. The van der Waals surface area contributed by atoms with E-state index in [1.54, 1.807) is 11.0 Å². The first-order valence-electron chi connectivity index (χ1n) is 16.1. The molecule has 0 aliphatic carbocycles. The summed E-state index contributed by atoms with van der Waals surface area (Å²) in [7, 11) is 0. The van der Waals surface area contributed by atoms with Crippen LogP contribution in [0.3, 0.4) is 0 Å². The minimum atomic E-state index is -0.967. The number of hydrogen-bond donors (Lipinski definition) is 2. The molecule has 236 valence electrons. The number of halogens is 1. The number of nitrogens with two attached hydrogens (primary N) is 1. The van der Waals surface area contributed by atoms with Crippen LogP contribution in [0.25, 0.3) is 0 Å². The molecular weight excluding hydrogens is 578 g/mol. The van der Waals surface area contributed by atoms with Crippen LogP contribution < -0.4 is 11.1 Å². The quantitative estimate of drug-likeness (QED) is 0.448. The third kappa shape index (κ3) is 6.40. The van der Waals surface area contributed by atoms with Crippen molar-refractivity contribution in [1.82, 2.24) is 14.7 Å². The normalized spacial score (nSPS) is 21.5. The lowest BCUT2D eigenvalue weighted by Crippen LogP contribution is -2.52. The van der Waals surface area contributed by atoms with Gasteiger partial charge in [-0.1, -0.05) is 42.3 Å². The number of nitrogens with one attached hydrogen (secondary N) is 1. The molecule has 44 heavy (non-hydrogen) atoms. The van der Waals surface area contributed by atoms with Crippen molar-refractivity contribution < 1.29 is 19.1 Å². The summed E-state index contributed by atoms with van der Waals surface area (Å²) in [4.78, 5) is 46.3. The number of aryl methyl sites for hydroxylation is 1. The second-order valence-corrected chi connectivity index (χ2v) is 13.5. The zero-order valence-corrected chi connectivity index (χ0v) is 26.4. The molecule has 2 aromatic carbocycles. The van der Waals surface area contributed by atoms with Gasteiger partial charge in [-0.15, -0.1) is 0 Å². The molecule has 0 aromatic heterocycles. The van der Waals surface area contributed by atoms with E-state index in [0.29, 0.717) is 62.2 Å². The van der Waals surface area contributed by atoms with Gasteiger partial charge in [-0.2, -0.15) is 0 Å². The predicted molar refractivity (Wildman–Crippen MR) is 172 cm³/mol. The van der Waals surface area contributed by atoms with Crippen molar-refractivity contribution in [2.75, 3.05) is 50.3 Å². The molecule has 1 atom stereocenters. The number of likely N-dealkylation sites (tertiary alicyclic amines) is 3. The number of benzene rings is 2. The van der Waals surface area contributed by atoms with Crippen molar-refractivity contribution in [3.05, 3.63) is 58.1 Å². The SMILES string of the molecule is Cc1cc(C[C@@H](OC(=O)N2CCC3(CC2)CC(=O)Nc2ccccc23)C(=O)N2CCC(N3CCCCC3)CC2)cc(Cl)c1N. The van der Waals surface area contributed by atoms with Gasteiger partial charge >= 0.3 is 6.09 Å². The fourth-order valence-electron chi connectivity index (χ4n) is 7.69. The number of carbonyl (C=O) groups excluding carboxylic acids is 3. The van der Waals surface area contributed by atoms with Gasteiger partial charge in [0.2, 0.25) is 5.91 Å². The maximum atomic E-state index is 14.0. The highest BCUT2D eigenvalue weighted by atomic mass is 35.5. The van der Waals surface area contributed by atoms with Crippen LogP contribution >= 0.6 is 11.6 Å². The van der Waals surface area contributed by atoms with Gasteiger partial charge in [-0.25, -0.2) is 4.79 Å². The molecule has 3 amide bonds. The zero-order valence-electron chi connectivity index (χ0n) is 25.7. The van der Waals surface area contributed by atoms with Crippen LogP contribution in [0.1, 0.15) is 68.1 Å². The average molecular weight is 622 g/mol. The summed E-state index contributed by atoms with van der Waals surface area (Å²) in [5.74, 6) is -0.153. The molecule has 0 radical (unpaired) electrons. The molecule has 0 bridgehead atoms. The summed E-state index contributed by atoms with van der Waals surface area (Å²) in [6, 6.07) is 12.1. The Morgan fingerprint density at radius 1 is 1.02 bits per heavy atom. The highest BCUT2D eigenvalue weighted by molar-refractivity contribution is 6.33. The second-order valence-electron chi connectivity index (χ2n) is 13.1. The Hall–Kier alpha value is -3.30. The van der Waals surface area contributed by atoms with Gasteiger partial charge in [0.1, 0.15) is 0 Å². The highest BCUT2D eigenvalue weighted by Gasteiger charge is 2.44. The number of fused-ring (bicyclic) bond motifs is 2. The van der Waals surface area contributed by atoms with Crippen LogP contribution in [0, 0.1) is 6.92 Å². The van der Waals surface area contributed by atoms with Crippen molar-refractivity contribution >= 4 is 40.9 Å². The molecule has 3 N–H and O–H groups in total. The van der Waals surface area contributed by atoms with Gasteiger partial charge in [0.25, 0.3) is 5.91 Å². The maximum Gasteiger partial charge on any atom is 0.410 e. The Morgan fingerprint density at radius 2 is 1.73 bits per heavy atom. The van der Waals surface area contributed by atoms with Crippen molar-refractivity contribution in [3.63, 3.8) is 0 Å². The number of rotatable bonds is 5. The van der Waals surface area contributed by atoms with E-state index in [2.05, 4.69) is 16.3 Å². The van der Waals surface area contributed by atoms with E-state index in [9.17, 15) is 14.4 Å². The Bertz CT molecular complexity index is 1370. The molecule has 10 heteroatoms. The third-order valence-electron chi connectivity index (χ3n) is 10.3. The number of carbonyl (C=O) groups is 3. The third-order valence-corrected chi connectivity index (χ3v) is 10.6. The van der Waals surface area contributed by atoms with E-state index in [0.717, 1.165) is 48.3 Å². The van der Waals surface area contributed by atoms with E-state index in [1.165, 1.54) is 19.3 Å². The van der Waals surface area contributed by atoms with Gasteiger partial charge < -0.3 is 30.5 Å². The lowest BCUT2D eigenvalue weighted by Gasteiger charge is -2.44. The summed E-state index contributed by atoms with van der Waals surface area (Å²) in [5.41, 5.74) is 9.90. The molecule has 2 aromatic rings. The molecule has 4 aliphatic heterocycles. The van der Waals surface area contributed by atoms with Crippen LogP contribution in [-0.4, -0.2) is 84.0 Å². The minimum absolute atomic E-state index is 0.00639. The van der Waals surface area contributed by atoms with E-state index in [-0.39, 0.29) is 23.7 Å². The highest BCUT2D eigenvalue weighted by Crippen LogP contribution is 2.45. The molecule has 4 heterocycles. The first-order valence-corrected chi connectivity index (χ1v) is 16.5. The molecule has 1 spiro atoms. The number of hydrogen-bond acceptors (Lipinski definition) is 6. The average Bonchev–Trinajstić information content (AvgIpc) is 3.03. The molecule has 4 aliphatic rings. The number of nitrogen functional groups attached to an aromatic ring is 1. The monoisotopic (exact) mass is 621 g/mol. The largest absolute Gasteiger partial charge is 0.436 e. The maximum absolute atomic E-state index is 14.0. The fourth-order valence-corrected chi connectivity index (χ4v) is 7.98. The predicted octanol–water partition coefficient (Wildman–Crippen LogP) is 5.13. The van der Waals surface area contributed by atoms with Gasteiger partial charge in [-0.3, -0.25) is 9.59 Å². The zero-order chi connectivity index (χ0) is 30.8. The second kappa shape index (κ2) is 13.0. The van der Waals surface area contributed by atoms with Gasteiger partial charge in [-0.05, 0) is 87.4 Å². The van der Waals surface area contributed by atoms with Crippen LogP contribution in [0.15, 0.2) is 36.4 Å². The molecule has 0 unspecified atom stereocenters. The van der Waals surface area contributed by atoms with Gasteiger partial charge in [0, 0.05) is 56.2 Å². The molecule has 3 fully saturated rings. The summed E-state index contributed by atoms with van der Waals surface area (Å²) < 4.78 is 6.06. The Kier molecular flexibility index (Phi) is 9.06. The molecule has 9 nitrogen and oxygen atoms in total. The number of para-hydroxylation sites is 1. The lowest BCUT2D eigenvalue weighted by molar-refractivity contribution is -0.142. The summed E-state index contributed by atoms with van der Waals surface area (Å²) >= 11 is 6.40. The van der Waals surface area contributed by atoms with Gasteiger partial charge in [0.05, 0.1) is 10.7 Å². The van der Waals surface area contributed by atoms with Crippen LogP contribution in [-0.2, 0) is 26.2 Å². The standard InChI is InChI=1S/C34H44ClN5O4/c1-23-19-24(20-27(35)31(23)36)21-29(32(42)39-15-9-25(10-16-39)38-13-5-2-6-14-38)44-33(43)40-17-11-34(12-18-40)22-30(41)37-28-8-4-3-7-26(28)34/h3-4,7-8,19-20,25,29H,2,5-6,9-18,21-22,36H2,1H3,(H,37,41)/t29-/m1/s1. The Morgan fingerprint density at radius 3 is 2.43 bits per heavy atom. The number of piperidine rings is 3. The van der Waals surface area contributed by atoms with Crippen LogP contribution in [0.4, 0.5) is 16.2 Å². The van der Waals surface area contributed by atoms with Crippen molar-refractivity contribution in [2.45, 2.75) is 82.3 Å². The molecule has 0 saturated carbocycles. The number of anilines is 2. The molecule has 6 rings (SSSR count). The van der Waals surface area contributed by atoms with E-state index in [4.69, 9.17) is 22.1 Å². The number of nitrogens with zero attached hydrogens (tertiary/aromatic N) is 3. The van der Waals surface area contributed by atoms with Crippen LogP contribution in [0.5, 0.6) is 0 Å². The molecule has 3 saturated heterocycles. The summed E-state index contributed by atoms with van der Waals surface area (Å²) in [6.45, 7) is 6.39. The fraction of sp³-hybridized carbons (Fsp3) is 0.559. The topological polar surface area (TPSA) is 108 Å². The first-order chi connectivity index (χ1) is 21.2. The van der Waals surface area contributed by atoms with Crippen molar-refractivity contribution in [1.29, 1.82) is 0 Å². The minimum Gasteiger partial charge on any atom is -0.436 e. The first kappa shape index (κ1) is 30.7. The van der Waals surface area contributed by atoms with E-state index in [1.807, 2.05) is 36.1 Å². The summed E-state index contributed by atoms with van der Waals surface area (Å²) in [6.07, 6.45) is 6.14. The summed E-state index contributed by atoms with van der Waals surface area (Å²) in [5, 5.41) is 3.41. The Labute approximate surface area is 265 Å². The van der Waals surface area contributed by atoms with Crippen molar-refractivity contribution in [3.8, 4) is 0 Å². The van der Waals surface area contributed by atoms with Gasteiger partial charge in [0.15, 0.2) is 6.10 Å². The van der Waals surface area contributed by atoms with E-state index < -0.39 is 12.2 Å². The smallest absolute Gasteiger partial charge is 0.410 e. The molecular formula is C34H44ClN5O4.